The van der Waals surface area contributed by atoms with E-state index >= 15 is 0 Å². The quantitative estimate of drug-likeness (QED) is 0.696. The lowest BCUT2D eigenvalue weighted by atomic mass is 10.2. The maximum absolute atomic E-state index is 12.9. The molecule has 0 aliphatic heterocycles. The molecule has 0 aliphatic carbocycles. The van der Waals surface area contributed by atoms with Crippen LogP contribution in [-0.2, 0) is 4.79 Å². The molecule has 7 nitrogen and oxygen atoms in total. The Morgan fingerprint density at radius 1 is 1.33 bits per heavy atom. The number of nitrogens with zero attached hydrogens (tertiary/aromatic N) is 2. The second-order valence-corrected chi connectivity index (χ2v) is 7.59. The lowest BCUT2D eigenvalue weighted by Gasteiger charge is -2.15. The molecule has 0 spiro atoms. The van der Waals surface area contributed by atoms with Crippen LogP contribution in [0.15, 0.2) is 29.3 Å². The van der Waals surface area contributed by atoms with Crippen molar-refractivity contribution in [3.63, 3.8) is 0 Å². The molecule has 140 valence electrons. The molecule has 1 atom stereocenters. The average Bonchev–Trinajstić information content (AvgIpc) is 2.95. The van der Waals surface area contributed by atoms with Gasteiger partial charge in [-0.05, 0) is 44.0 Å². The Morgan fingerprint density at radius 2 is 2.04 bits per heavy atom. The van der Waals surface area contributed by atoms with Gasteiger partial charge in [0, 0.05) is 10.7 Å². The van der Waals surface area contributed by atoms with Gasteiger partial charge in [0.2, 0.25) is 5.91 Å². The fraction of sp³-hybridized carbons (Fsp3) is 0.222. The van der Waals surface area contributed by atoms with Crippen LogP contribution in [-0.4, -0.2) is 21.4 Å². The van der Waals surface area contributed by atoms with Crippen LogP contribution < -0.4 is 16.6 Å². The summed E-state index contributed by atoms with van der Waals surface area (Å²) in [4.78, 5) is 41.9. The lowest BCUT2D eigenvalue weighted by Crippen LogP contribution is -2.31. The Kier molecular flexibility index (Phi) is 5.03. The second-order valence-electron chi connectivity index (χ2n) is 6.19. The zero-order valence-corrected chi connectivity index (χ0v) is 16.4. The highest BCUT2D eigenvalue weighted by Crippen LogP contribution is 2.27. The fourth-order valence-electron chi connectivity index (χ4n) is 2.69. The molecule has 9 heteroatoms. The Balaban J connectivity index is 1.96. The minimum Gasteiger partial charge on any atom is -0.365 e. The number of fused-ring (bicyclic) bond motifs is 1. The van der Waals surface area contributed by atoms with E-state index in [-0.39, 0.29) is 5.91 Å². The normalized spacial score (nSPS) is 12.1. The summed E-state index contributed by atoms with van der Waals surface area (Å²) in [5.74, 6) is -0.996. The number of amides is 2. The van der Waals surface area contributed by atoms with Gasteiger partial charge in [-0.15, -0.1) is 11.3 Å². The molecule has 1 aromatic carbocycles. The first-order valence-corrected chi connectivity index (χ1v) is 9.27. The molecule has 2 aromatic heterocycles. The summed E-state index contributed by atoms with van der Waals surface area (Å²) in [6.45, 7) is 5.10. The van der Waals surface area contributed by atoms with Crippen LogP contribution in [0.25, 0.3) is 10.2 Å². The van der Waals surface area contributed by atoms with E-state index in [1.165, 1.54) is 10.9 Å². The van der Waals surface area contributed by atoms with E-state index in [1.807, 2.05) is 6.92 Å². The van der Waals surface area contributed by atoms with Gasteiger partial charge in [0.25, 0.3) is 11.5 Å². The third-order valence-corrected chi connectivity index (χ3v) is 5.96. The number of benzene rings is 1. The molecule has 0 unspecified atom stereocenters. The second kappa shape index (κ2) is 7.13. The Labute approximate surface area is 163 Å². The van der Waals surface area contributed by atoms with E-state index in [4.69, 9.17) is 17.3 Å². The number of anilines is 1. The molecule has 0 saturated heterocycles. The van der Waals surface area contributed by atoms with Crippen molar-refractivity contribution < 1.29 is 9.59 Å². The first-order chi connectivity index (χ1) is 12.7. The van der Waals surface area contributed by atoms with Crippen molar-refractivity contribution >= 4 is 50.7 Å². The van der Waals surface area contributed by atoms with Gasteiger partial charge in [0.15, 0.2) is 0 Å². The van der Waals surface area contributed by atoms with Gasteiger partial charge in [0.1, 0.15) is 10.9 Å². The molecular weight excluding hydrogens is 388 g/mol. The van der Waals surface area contributed by atoms with Crippen LogP contribution in [0.3, 0.4) is 0 Å². The minimum atomic E-state index is -0.814. The van der Waals surface area contributed by atoms with E-state index in [1.54, 1.807) is 32.0 Å². The number of nitrogens with one attached hydrogen (secondary N) is 1. The molecule has 2 amide bonds. The Bertz CT molecular complexity index is 1140. The third kappa shape index (κ3) is 3.45. The molecule has 2 heterocycles. The minimum absolute atomic E-state index is 0.291. The smallest absolute Gasteiger partial charge is 0.263 e. The van der Waals surface area contributed by atoms with E-state index in [9.17, 15) is 14.4 Å². The number of carbonyl (C=O) groups excluding carboxylic acids is 2. The van der Waals surface area contributed by atoms with Gasteiger partial charge >= 0.3 is 0 Å². The van der Waals surface area contributed by atoms with Crippen molar-refractivity contribution in [2.24, 2.45) is 5.73 Å². The predicted octanol–water partition coefficient (Wildman–Crippen LogP) is 3.03. The number of hydrogen-bond donors (Lipinski definition) is 2. The Morgan fingerprint density at radius 3 is 2.67 bits per heavy atom. The number of carbonyl (C=O) groups is 2. The maximum atomic E-state index is 12.9. The number of aromatic nitrogens is 2. The summed E-state index contributed by atoms with van der Waals surface area (Å²) < 4.78 is 1.23. The molecule has 0 bridgehead atoms. The highest BCUT2D eigenvalue weighted by molar-refractivity contribution is 7.20. The van der Waals surface area contributed by atoms with Crippen molar-refractivity contribution in [3.8, 4) is 0 Å². The van der Waals surface area contributed by atoms with Crippen LogP contribution >= 0.6 is 22.9 Å². The molecule has 0 radical (unpaired) electrons. The highest BCUT2D eigenvalue weighted by Gasteiger charge is 2.22. The lowest BCUT2D eigenvalue weighted by molar-refractivity contribution is -0.118. The summed E-state index contributed by atoms with van der Waals surface area (Å²) in [5, 5.41) is 3.58. The van der Waals surface area contributed by atoms with Crippen molar-refractivity contribution in [1.29, 1.82) is 0 Å². The van der Waals surface area contributed by atoms with Gasteiger partial charge < -0.3 is 11.1 Å². The van der Waals surface area contributed by atoms with Crippen LogP contribution in [0.5, 0.6) is 0 Å². The van der Waals surface area contributed by atoms with E-state index in [0.29, 0.717) is 31.4 Å². The van der Waals surface area contributed by atoms with Gasteiger partial charge in [-0.1, -0.05) is 17.7 Å². The number of primary amides is 1. The van der Waals surface area contributed by atoms with Crippen molar-refractivity contribution in [2.45, 2.75) is 26.8 Å². The molecule has 3 aromatic rings. The molecule has 27 heavy (non-hydrogen) atoms. The zero-order valence-electron chi connectivity index (χ0n) is 14.9. The van der Waals surface area contributed by atoms with Crippen LogP contribution in [0.2, 0.25) is 5.02 Å². The maximum Gasteiger partial charge on any atom is 0.263 e. The summed E-state index contributed by atoms with van der Waals surface area (Å²) in [6.07, 6.45) is 1.30. The SMILES string of the molecule is Cc1ccc(NC(=O)[C@H](C)n2cnc3sc(C(N)=O)c(C)c3c2=O)cc1Cl. The number of hydrogen-bond acceptors (Lipinski definition) is 5. The topological polar surface area (TPSA) is 107 Å². The number of thiophene rings is 1. The van der Waals surface area contributed by atoms with Gasteiger partial charge in [-0.25, -0.2) is 4.98 Å². The standard InChI is InChI=1S/C18H17ClN4O3S/c1-8-4-5-11(6-12(8)19)22-16(25)10(3)23-7-21-17-13(18(23)26)9(2)14(27-17)15(20)24/h4-7,10H,1-3H3,(H2,20,24)(H,22,25)/t10-/m0/s1. The highest BCUT2D eigenvalue weighted by atomic mass is 35.5. The number of halogens is 1. The monoisotopic (exact) mass is 404 g/mol. The van der Waals surface area contributed by atoms with Crippen molar-refractivity contribution in [1.82, 2.24) is 9.55 Å². The van der Waals surface area contributed by atoms with Crippen molar-refractivity contribution in [3.05, 3.63) is 55.9 Å². The van der Waals surface area contributed by atoms with Gasteiger partial charge in [-0.3, -0.25) is 19.0 Å². The van der Waals surface area contributed by atoms with Gasteiger partial charge in [-0.2, -0.15) is 0 Å². The number of rotatable bonds is 4. The summed E-state index contributed by atoms with van der Waals surface area (Å²) in [7, 11) is 0. The molecule has 3 rings (SSSR count). The fourth-order valence-corrected chi connectivity index (χ4v) is 3.86. The summed E-state index contributed by atoms with van der Waals surface area (Å²) in [5.41, 5.74) is 6.85. The molecule has 3 N–H and O–H groups in total. The number of nitrogens with two attached hydrogens (primary N) is 1. The van der Waals surface area contributed by atoms with E-state index in [2.05, 4.69) is 10.3 Å². The van der Waals surface area contributed by atoms with Crippen LogP contribution in [0.4, 0.5) is 5.69 Å². The summed E-state index contributed by atoms with van der Waals surface area (Å²) in [6, 6.07) is 4.36. The summed E-state index contributed by atoms with van der Waals surface area (Å²) >= 11 is 7.14. The molecular formula is C18H17ClN4O3S. The number of aryl methyl sites for hydroxylation is 2. The third-order valence-electron chi connectivity index (χ3n) is 4.34. The largest absolute Gasteiger partial charge is 0.365 e. The molecule has 0 fully saturated rings. The molecule has 0 aliphatic rings. The average molecular weight is 405 g/mol. The first kappa shape index (κ1) is 19.1. The van der Waals surface area contributed by atoms with Gasteiger partial charge in [0.05, 0.1) is 16.6 Å². The molecule has 0 saturated carbocycles. The van der Waals surface area contributed by atoms with Crippen LogP contribution in [0.1, 0.15) is 33.8 Å². The predicted molar refractivity (Wildman–Crippen MR) is 107 cm³/mol. The first-order valence-electron chi connectivity index (χ1n) is 8.07. The van der Waals surface area contributed by atoms with E-state index < -0.39 is 17.5 Å². The van der Waals surface area contributed by atoms with E-state index in [0.717, 1.165) is 16.9 Å². The van der Waals surface area contributed by atoms with Crippen molar-refractivity contribution in [2.75, 3.05) is 5.32 Å². The van der Waals surface area contributed by atoms with Crippen LogP contribution in [0, 0.1) is 13.8 Å². The zero-order chi connectivity index (χ0) is 19.9. The Hall–Kier alpha value is -2.71.